The molecule has 2 aromatic carbocycles. The maximum atomic E-state index is 10.5. The van der Waals surface area contributed by atoms with Crippen LogP contribution in [0.15, 0.2) is 40.9 Å². The molecule has 3 nitrogen and oxygen atoms in total. The Morgan fingerprint density at radius 3 is 2.65 bits per heavy atom. The number of carboxylic acids is 1. The van der Waals surface area contributed by atoms with E-state index in [2.05, 4.69) is 21.2 Å². The van der Waals surface area contributed by atoms with Gasteiger partial charge in [0.25, 0.3) is 0 Å². The zero-order valence-electron chi connectivity index (χ0n) is 9.11. The lowest BCUT2D eigenvalue weighted by Gasteiger charge is -2.09. The third-order valence-corrected chi connectivity index (χ3v) is 3.21. The largest absolute Gasteiger partial charge is 0.481 e. The summed E-state index contributed by atoms with van der Waals surface area (Å²) < 4.78 is 1.04. The summed E-state index contributed by atoms with van der Waals surface area (Å²) in [6, 6.07) is 11.9. The SMILES string of the molecule is O=C(O)CCNc1cccc2c(Br)cccc12. The zero-order valence-corrected chi connectivity index (χ0v) is 10.7. The van der Waals surface area contributed by atoms with Crippen LogP contribution in [0.25, 0.3) is 10.8 Å². The molecule has 0 unspecified atom stereocenters. The van der Waals surface area contributed by atoms with Crippen molar-refractivity contribution in [1.29, 1.82) is 0 Å². The summed E-state index contributed by atoms with van der Waals surface area (Å²) in [5.41, 5.74) is 0.963. The van der Waals surface area contributed by atoms with E-state index in [-0.39, 0.29) is 6.42 Å². The number of aliphatic carboxylic acids is 1. The van der Waals surface area contributed by atoms with E-state index in [1.165, 1.54) is 0 Å². The molecule has 4 heteroatoms. The maximum Gasteiger partial charge on any atom is 0.305 e. The minimum atomic E-state index is -0.793. The molecule has 17 heavy (non-hydrogen) atoms. The molecule has 0 fully saturated rings. The fourth-order valence-electron chi connectivity index (χ4n) is 1.73. The average molecular weight is 294 g/mol. The van der Waals surface area contributed by atoms with Gasteiger partial charge < -0.3 is 10.4 Å². The normalized spacial score (nSPS) is 10.4. The minimum Gasteiger partial charge on any atom is -0.481 e. The summed E-state index contributed by atoms with van der Waals surface area (Å²) in [7, 11) is 0. The second-order valence-corrected chi connectivity index (χ2v) is 4.57. The Kier molecular flexibility index (Phi) is 3.64. The van der Waals surface area contributed by atoms with Crippen LogP contribution in [0.2, 0.25) is 0 Å². The smallest absolute Gasteiger partial charge is 0.305 e. The zero-order chi connectivity index (χ0) is 12.3. The number of carbonyl (C=O) groups is 1. The van der Waals surface area contributed by atoms with Crippen LogP contribution in [-0.4, -0.2) is 17.6 Å². The number of hydrogen-bond donors (Lipinski definition) is 2. The molecule has 0 amide bonds. The molecule has 2 aromatic rings. The van der Waals surface area contributed by atoms with Crippen LogP contribution in [-0.2, 0) is 4.79 Å². The summed E-state index contributed by atoms with van der Waals surface area (Å²) in [4.78, 5) is 10.5. The molecule has 0 spiro atoms. The predicted molar refractivity (Wildman–Crippen MR) is 72.4 cm³/mol. The van der Waals surface area contributed by atoms with Gasteiger partial charge in [-0.1, -0.05) is 40.2 Å². The molecule has 0 bridgehead atoms. The van der Waals surface area contributed by atoms with Crippen LogP contribution in [0.5, 0.6) is 0 Å². The first kappa shape index (κ1) is 11.9. The van der Waals surface area contributed by atoms with Gasteiger partial charge in [-0.05, 0) is 17.5 Å². The predicted octanol–water partition coefficient (Wildman–Crippen LogP) is 3.49. The third-order valence-electron chi connectivity index (χ3n) is 2.52. The van der Waals surface area contributed by atoms with Crippen LogP contribution < -0.4 is 5.32 Å². The molecule has 0 radical (unpaired) electrons. The summed E-state index contributed by atoms with van der Waals surface area (Å²) >= 11 is 3.50. The molecule has 0 aliphatic rings. The summed E-state index contributed by atoms with van der Waals surface area (Å²) in [6.07, 6.45) is 0.115. The van der Waals surface area contributed by atoms with E-state index in [1.807, 2.05) is 36.4 Å². The van der Waals surface area contributed by atoms with E-state index in [1.54, 1.807) is 0 Å². The monoisotopic (exact) mass is 293 g/mol. The van der Waals surface area contributed by atoms with Gasteiger partial charge in [-0.2, -0.15) is 0 Å². The van der Waals surface area contributed by atoms with Crippen LogP contribution in [0.4, 0.5) is 5.69 Å². The summed E-state index contributed by atoms with van der Waals surface area (Å²) in [5, 5.41) is 14.0. The van der Waals surface area contributed by atoms with E-state index in [0.717, 1.165) is 20.9 Å². The summed E-state index contributed by atoms with van der Waals surface area (Å²) in [6.45, 7) is 0.432. The van der Waals surface area contributed by atoms with Gasteiger partial charge in [0.1, 0.15) is 0 Å². The van der Waals surface area contributed by atoms with Gasteiger partial charge in [0, 0.05) is 22.1 Å². The molecule has 88 valence electrons. The van der Waals surface area contributed by atoms with Gasteiger partial charge >= 0.3 is 5.97 Å². The van der Waals surface area contributed by atoms with Crippen molar-refractivity contribution in [2.45, 2.75) is 6.42 Å². The standard InChI is InChI=1S/C13H12BrNO2/c14-11-5-1-4-10-9(11)3-2-6-12(10)15-8-7-13(16)17/h1-6,15H,7-8H2,(H,16,17). The first-order valence-electron chi connectivity index (χ1n) is 5.31. The number of rotatable bonds is 4. The number of hydrogen-bond acceptors (Lipinski definition) is 2. The highest BCUT2D eigenvalue weighted by atomic mass is 79.9. The van der Waals surface area contributed by atoms with E-state index in [4.69, 9.17) is 5.11 Å². The first-order chi connectivity index (χ1) is 8.18. The van der Waals surface area contributed by atoms with Crippen LogP contribution in [0.3, 0.4) is 0 Å². The van der Waals surface area contributed by atoms with Crippen molar-refractivity contribution in [3.63, 3.8) is 0 Å². The van der Waals surface area contributed by atoms with E-state index in [0.29, 0.717) is 6.54 Å². The minimum absolute atomic E-state index is 0.115. The van der Waals surface area contributed by atoms with Crippen LogP contribution in [0, 0.1) is 0 Å². The molecule has 2 rings (SSSR count). The van der Waals surface area contributed by atoms with E-state index in [9.17, 15) is 4.79 Å². The number of carboxylic acid groups (broad SMARTS) is 1. The molecular formula is C13H12BrNO2. The molecule has 0 atom stereocenters. The lowest BCUT2D eigenvalue weighted by Crippen LogP contribution is -2.07. The number of benzene rings is 2. The Morgan fingerprint density at radius 2 is 1.88 bits per heavy atom. The number of nitrogens with one attached hydrogen (secondary N) is 1. The van der Waals surface area contributed by atoms with Gasteiger partial charge in [0.2, 0.25) is 0 Å². The quantitative estimate of drug-likeness (QED) is 0.907. The van der Waals surface area contributed by atoms with Gasteiger partial charge in [0.15, 0.2) is 0 Å². The number of anilines is 1. The molecule has 0 aromatic heterocycles. The van der Waals surface area contributed by atoms with Crippen molar-refractivity contribution in [1.82, 2.24) is 0 Å². The van der Waals surface area contributed by atoms with Crippen LogP contribution >= 0.6 is 15.9 Å². The van der Waals surface area contributed by atoms with Gasteiger partial charge in [-0.25, -0.2) is 0 Å². The van der Waals surface area contributed by atoms with Crippen molar-refractivity contribution in [3.05, 3.63) is 40.9 Å². The van der Waals surface area contributed by atoms with E-state index < -0.39 is 5.97 Å². The lowest BCUT2D eigenvalue weighted by atomic mass is 10.1. The van der Waals surface area contributed by atoms with Crippen molar-refractivity contribution in [2.75, 3.05) is 11.9 Å². The van der Waals surface area contributed by atoms with E-state index >= 15 is 0 Å². The van der Waals surface area contributed by atoms with Crippen molar-refractivity contribution in [3.8, 4) is 0 Å². The second-order valence-electron chi connectivity index (χ2n) is 3.71. The fraction of sp³-hybridized carbons (Fsp3) is 0.154. The molecular weight excluding hydrogens is 282 g/mol. The Balaban J connectivity index is 2.28. The third kappa shape index (κ3) is 2.77. The average Bonchev–Trinajstić information content (AvgIpc) is 2.30. The number of halogens is 1. The Bertz CT molecular complexity index is 554. The Morgan fingerprint density at radius 1 is 1.18 bits per heavy atom. The molecule has 0 aliphatic carbocycles. The Labute approximate surface area is 108 Å². The highest BCUT2D eigenvalue weighted by Gasteiger charge is 2.03. The molecule has 0 heterocycles. The number of fused-ring (bicyclic) bond motifs is 1. The highest BCUT2D eigenvalue weighted by molar-refractivity contribution is 9.10. The van der Waals surface area contributed by atoms with Crippen LogP contribution in [0.1, 0.15) is 6.42 Å². The topological polar surface area (TPSA) is 49.3 Å². The van der Waals surface area contributed by atoms with Gasteiger partial charge in [-0.3, -0.25) is 4.79 Å². The maximum absolute atomic E-state index is 10.5. The van der Waals surface area contributed by atoms with Crippen molar-refractivity contribution in [2.24, 2.45) is 0 Å². The molecule has 0 saturated carbocycles. The van der Waals surface area contributed by atoms with Crippen molar-refractivity contribution >= 4 is 38.4 Å². The Hall–Kier alpha value is -1.55. The fourth-order valence-corrected chi connectivity index (χ4v) is 2.23. The summed E-state index contributed by atoms with van der Waals surface area (Å²) in [5.74, 6) is -0.793. The van der Waals surface area contributed by atoms with Crippen molar-refractivity contribution < 1.29 is 9.90 Å². The highest BCUT2D eigenvalue weighted by Crippen LogP contribution is 2.29. The second kappa shape index (κ2) is 5.19. The van der Waals surface area contributed by atoms with Gasteiger partial charge in [0.05, 0.1) is 6.42 Å². The van der Waals surface area contributed by atoms with Gasteiger partial charge in [-0.15, -0.1) is 0 Å². The molecule has 2 N–H and O–H groups in total. The molecule has 0 aliphatic heterocycles. The first-order valence-corrected chi connectivity index (χ1v) is 6.10. The lowest BCUT2D eigenvalue weighted by molar-refractivity contribution is -0.136. The molecule has 0 saturated heterocycles.